The zero-order valence-electron chi connectivity index (χ0n) is 25.9. The predicted octanol–water partition coefficient (Wildman–Crippen LogP) is 6.65. The van der Waals surface area contributed by atoms with Crippen LogP contribution in [0.2, 0.25) is 0 Å². The number of hydrogen-bond acceptors (Lipinski definition) is 5. The number of aromatic carboxylic acids is 1. The van der Waals surface area contributed by atoms with Crippen LogP contribution in [0.1, 0.15) is 65.5 Å². The highest BCUT2D eigenvalue weighted by Crippen LogP contribution is 2.21. The first-order valence-corrected chi connectivity index (χ1v) is 14.1. The molecule has 0 atom stereocenters. The van der Waals surface area contributed by atoms with Crippen LogP contribution in [-0.2, 0) is 16.0 Å². The summed E-state index contributed by atoms with van der Waals surface area (Å²) in [7, 11) is 1.80. The highest BCUT2D eigenvalue weighted by atomic mass is 16.4. The highest BCUT2D eigenvalue weighted by molar-refractivity contribution is 6.03. The number of aryl methyl sites for hydroxylation is 3. The molecule has 0 aliphatic heterocycles. The fraction of sp³-hybridized carbons (Fsp3) is 0.257. The van der Waals surface area contributed by atoms with Gasteiger partial charge in [-0.3, -0.25) is 14.6 Å². The molecule has 0 spiro atoms. The Bertz CT molecular complexity index is 1480. The minimum atomic E-state index is -0.930. The lowest BCUT2D eigenvalue weighted by Gasteiger charge is -2.13. The van der Waals surface area contributed by atoms with Crippen LogP contribution in [0.15, 0.2) is 72.8 Å². The Morgan fingerprint density at radius 2 is 1.47 bits per heavy atom. The maximum absolute atomic E-state index is 11.5. The molecule has 228 valence electrons. The number of phenols is 1. The monoisotopic (exact) mass is 585 g/mol. The second-order valence-corrected chi connectivity index (χ2v) is 9.35. The topological polar surface area (TPSA) is 134 Å². The number of fused-ring (bicyclic) bond motifs is 1. The van der Waals surface area contributed by atoms with E-state index >= 15 is 0 Å². The van der Waals surface area contributed by atoms with Crippen molar-refractivity contribution in [1.29, 1.82) is 0 Å². The van der Waals surface area contributed by atoms with Crippen molar-refractivity contribution in [1.82, 2.24) is 9.88 Å². The van der Waals surface area contributed by atoms with Crippen LogP contribution in [0.25, 0.3) is 23.1 Å². The number of benzene rings is 3. The molecule has 8 heteroatoms. The van der Waals surface area contributed by atoms with Crippen LogP contribution >= 0.6 is 0 Å². The maximum Gasteiger partial charge on any atom is 0.336 e. The molecule has 4 aromatic rings. The van der Waals surface area contributed by atoms with Gasteiger partial charge in [0.25, 0.3) is 0 Å². The maximum atomic E-state index is 11.5. The van der Waals surface area contributed by atoms with Gasteiger partial charge in [0.15, 0.2) is 0 Å². The van der Waals surface area contributed by atoms with Gasteiger partial charge in [0.2, 0.25) is 12.3 Å². The van der Waals surface area contributed by atoms with E-state index in [2.05, 4.69) is 41.9 Å². The van der Waals surface area contributed by atoms with E-state index in [-0.39, 0.29) is 23.6 Å². The Morgan fingerprint density at radius 3 is 2.02 bits per heavy atom. The molecule has 0 aliphatic rings. The van der Waals surface area contributed by atoms with E-state index in [1.165, 1.54) is 5.56 Å². The lowest BCUT2D eigenvalue weighted by Crippen LogP contribution is -2.26. The zero-order chi connectivity index (χ0) is 32.4. The Kier molecular flexibility index (Phi) is 16.1. The predicted molar refractivity (Wildman–Crippen MR) is 175 cm³/mol. The summed E-state index contributed by atoms with van der Waals surface area (Å²) < 4.78 is 0. The number of aromatic hydroxyl groups is 1. The molecule has 0 fully saturated rings. The first-order valence-electron chi connectivity index (χ1n) is 14.1. The van der Waals surface area contributed by atoms with Crippen LogP contribution in [-0.4, -0.2) is 52.0 Å². The van der Waals surface area contributed by atoms with Gasteiger partial charge in [-0.1, -0.05) is 74.0 Å². The summed E-state index contributed by atoms with van der Waals surface area (Å²) in [5, 5.41) is 19.1. The quantitative estimate of drug-likeness (QED) is 0.164. The summed E-state index contributed by atoms with van der Waals surface area (Å²) in [5.74, 6) is -0.513. The van der Waals surface area contributed by atoms with Crippen molar-refractivity contribution in [3.05, 3.63) is 106 Å². The molecule has 0 saturated heterocycles. The molecule has 0 saturated carbocycles. The van der Waals surface area contributed by atoms with Gasteiger partial charge in [0.05, 0.1) is 11.1 Å². The van der Waals surface area contributed by atoms with Crippen molar-refractivity contribution in [3.63, 3.8) is 0 Å². The fourth-order valence-corrected chi connectivity index (χ4v) is 3.81. The molecule has 8 nitrogen and oxygen atoms in total. The number of hydrogen-bond donors (Lipinski definition) is 3. The first kappa shape index (κ1) is 36.0. The van der Waals surface area contributed by atoms with Gasteiger partial charge < -0.3 is 20.8 Å². The zero-order valence-corrected chi connectivity index (χ0v) is 25.9. The number of aromatic nitrogens is 1. The molecule has 3 aromatic carbocycles. The van der Waals surface area contributed by atoms with Crippen molar-refractivity contribution in [2.45, 2.75) is 47.5 Å². The molecule has 1 aromatic heterocycles. The molecule has 0 bridgehead atoms. The van der Waals surface area contributed by atoms with Crippen LogP contribution in [0.4, 0.5) is 0 Å². The summed E-state index contributed by atoms with van der Waals surface area (Å²) in [6, 6.07) is 22.5. The number of pyridine rings is 1. The van der Waals surface area contributed by atoms with E-state index in [1.807, 2.05) is 63.3 Å². The number of nitrogens with two attached hydrogens (primary N) is 1. The molecule has 2 amide bonds. The average molecular weight is 586 g/mol. The third kappa shape index (κ3) is 12.6. The second kappa shape index (κ2) is 19.2. The number of amides is 2. The SMILES string of the molecule is CC.CCN(C)C(=O)CCc1ccc(O)cc1.Cc1ccc(/C=C/c2ccc3nc(C)cc(C(=O)O)c3c2)cc1.NC=O. The van der Waals surface area contributed by atoms with Crippen molar-refractivity contribution < 1.29 is 24.6 Å². The summed E-state index contributed by atoms with van der Waals surface area (Å²) >= 11 is 0. The normalized spacial score (nSPS) is 9.91. The number of carboxylic acids is 1. The number of primary amides is 1. The first-order chi connectivity index (χ1) is 20.6. The summed E-state index contributed by atoms with van der Waals surface area (Å²) in [5.41, 5.74) is 10.2. The molecule has 4 N–H and O–H groups in total. The molecule has 4 rings (SSSR count). The number of carbonyl (C=O) groups excluding carboxylic acids is 2. The van der Waals surface area contributed by atoms with Crippen LogP contribution in [0, 0.1) is 13.8 Å². The number of phenolic OH excluding ortho intramolecular Hbond substituents is 1. The van der Waals surface area contributed by atoms with E-state index < -0.39 is 5.97 Å². The Morgan fingerprint density at radius 1 is 0.907 bits per heavy atom. The number of carboxylic acid groups (broad SMARTS) is 1. The molecule has 0 unspecified atom stereocenters. The van der Waals surface area contributed by atoms with Crippen molar-refractivity contribution in [2.75, 3.05) is 13.6 Å². The molecular weight excluding hydrogens is 542 g/mol. The van der Waals surface area contributed by atoms with Crippen molar-refractivity contribution >= 4 is 41.3 Å². The van der Waals surface area contributed by atoms with Crippen LogP contribution < -0.4 is 5.73 Å². The molecular formula is C35H43N3O5. The summed E-state index contributed by atoms with van der Waals surface area (Å²) in [6.45, 7) is 10.6. The largest absolute Gasteiger partial charge is 0.508 e. The number of carbonyl (C=O) groups is 3. The van der Waals surface area contributed by atoms with E-state index in [0.717, 1.165) is 29.7 Å². The lowest BCUT2D eigenvalue weighted by atomic mass is 10.0. The van der Waals surface area contributed by atoms with Gasteiger partial charge in [-0.25, -0.2) is 4.79 Å². The van der Waals surface area contributed by atoms with Crippen LogP contribution in [0.3, 0.4) is 0 Å². The van der Waals surface area contributed by atoms with Gasteiger partial charge in [-0.2, -0.15) is 0 Å². The van der Waals surface area contributed by atoms with Gasteiger partial charge in [0, 0.05) is 31.1 Å². The van der Waals surface area contributed by atoms with Gasteiger partial charge in [0.1, 0.15) is 5.75 Å². The Hall–Kier alpha value is -4.98. The average Bonchev–Trinajstić information content (AvgIpc) is 3.01. The number of nitrogens with zero attached hydrogens (tertiary/aromatic N) is 2. The smallest absolute Gasteiger partial charge is 0.336 e. The fourth-order valence-electron chi connectivity index (χ4n) is 3.81. The Balaban J connectivity index is 0.000000400. The Labute approximate surface area is 254 Å². The standard InChI is InChI=1S/C20H17NO2.C12H17NO2.C2H6.CH3NO/c1-13-3-5-15(6-4-13)7-8-16-9-10-19-17(12-16)18(20(22)23)11-14(2)21-19;1-3-13(2)12(15)9-6-10-4-7-11(14)8-5-10;1-2;2-1-3/h3-12H,1-2H3,(H,22,23);4-5,7-8,14H,3,6,9H2,1-2H3;1-2H3;1H,(H2,2,3)/b8-7+;;;. The summed E-state index contributed by atoms with van der Waals surface area (Å²) in [6.07, 6.45) is 5.50. The highest BCUT2D eigenvalue weighted by Gasteiger charge is 2.11. The third-order valence-corrected chi connectivity index (χ3v) is 6.20. The van der Waals surface area contributed by atoms with Gasteiger partial charge >= 0.3 is 5.97 Å². The van der Waals surface area contributed by atoms with E-state index in [0.29, 0.717) is 23.0 Å². The molecule has 0 radical (unpaired) electrons. The minimum absolute atomic E-state index is 0.158. The number of rotatable bonds is 7. The van der Waals surface area contributed by atoms with Gasteiger partial charge in [-0.05, 0) is 74.2 Å². The van der Waals surface area contributed by atoms with Crippen molar-refractivity contribution in [2.24, 2.45) is 5.73 Å². The molecule has 1 heterocycles. The lowest BCUT2D eigenvalue weighted by molar-refractivity contribution is -0.129. The van der Waals surface area contributed by atoms with E-state index in [9.17, 15) is 14.7 Å². The van der Waals surface area contributed by atoms with Crippen molar-refractivity contribution in [3.8, 4) is 5.75 Å². The van der Waals surface area contributed by atoms with E-state index in [4.69, 9.17) is 9.90 Å². The van der Waals surface area contributed by atoms with Gasteiger partial charge in [-0.15, -0.1) is 0 Å². The molecule has 43 heavy (non-hydrogen) atoms. The molecule has 0 aliphatic carbocycles. The minimum Gasteiger partial charge on any atom is -0.508 e. The third-order valence-electron chi connectivity index (χ3n) is 6.20. The van der Waals surface area contributed by atoms with E-state index in [1.54, 1.807) is 37.1 Å². The van der Waals surface area contributed by atoms with Crippen LogP contribution in [0.5, 0.6) is 5.75 Å². The summed E-state index contributed by atoms with van der Waals surface area (Å²) in [4.78, 5) is 37.6. The second-order valence-electron chi connectivity index (χ2n) is 9.35.